The van der Waals surface area contributed by atoms with Gasteiger partial charge in [0.25, 0.3) is 0 Å². The molecule has 114 valence electrons. The van der Waals surface area contributed by atoms with Crippen molar-refractivity contribution in [1.82, 2.24) is 15.2 Å². The van der Waals surface area contributed by atoms with Crippen LogP contribution in [-0.2, 0) is 16.0 Å². The van der Waals surface area contributed by atoms with E-state index in [1.165, 1.54) is 0 Å². The van der Waals surface area contributed by atoms with Crippen LogP contribution in [0.5, 0.6) is 0 Å². The van der Waals surface area contributed by atoms with Crippen LogP contribution in [0.2, 0.25) is 0 Å². The van der Waals surface area contributed by atoms with Crippen molar-refractivity contribution in [2.45, 2.75) is 18.9 Å². The second-order valence-corrected chi connectivity index (χ2v) is 4.86. The molecular weight excluding hydrogens is 274 g/mol. The fourth-order valence-corrected chi connectivity index (χ4v) is 2.26. The van der Waals surface area contributed by atoms with Crippen molar-refractivity contribution < 1.29 is 19.4 Å². The first-order valence-electron chi connectivity index (χ1n) is 6.89. The molecule has 0 saturated carbocycles. The number of urea groups is 1. The van der Waals surface area contributed by atoms with Crippen molar-refractivity contribution >= 4 is 12.0 Å². The van der Waals surface area contributed by atoms with Gasteiger partial charge in [0.05, 0.1) is 25.7 Å². The molecule has 0 aliphatic carbocycles. The van der Waals surface area contributed by atoms with E-state index >= 15 is 0 Å². The lowest BCUT2D eigenvalue weighted by atomic mass is 10.1. The van der Waals surface area contributed by atoms with Crippen LogP contribution in [0, 0.1) is 0 Å². The van der Waals surface area contributed by atoms with Crippen LogP contribution in [0.3, 0.4) is 0 Å². The molecular formula is C14H19N3O4. The number of aromatic nitrogens is 1. The third-order valence-electron chi connectivity index (χ3n) is 3.34. The maximum atomic E-state index is 12.1. The number of carbonyl (C=O) groups excluding carboxylic acids is 1. The number of ether oxygens (including phenoxy) is 1. The second-order valence-electron chi connectivity index (χ2n) is 4.86. The van der Waals surface area contributed by atoms with E-state index in [0.29, 0.717) is 26.1 Å². The fourth-order valence-electron chi connectivity index (χ4n) is 2.26. The average Bonchev–Trinajstić information content (AvgIpc) is 2.48. The largest absolute Gasteiger partial charge is 0.481 e. The number of aliphatic carboxylic acids is 1. The molecule has 1 aromatic rings. The molecule has 0 spiro atoms. The molecule has 1 aliphatic heterocycles. The molecule has 1 unspecified atom stereocenters. The SMILES string of the molecule is O=C(O)CC1COCCN1C(=O)NCCc1ccncc1. The third-order valence-corrected chi connectivity index (χ3v) is 3.34. The number of carboxylic acids is 1. The normalized spacial score (nSPS) is 18.3. The molecule has 21 heavy (non-hydrogen) atoms. The van der Waals surface area contributed by atoms with Crippen molar-refractivity contribution in [3.8, 4) is 0 Å². The summed E-state index contributed by atoms with van der Waals surface area (Å²) >= 11 is 0. The zero-order valence-corrected chi connectivity index (χ0v) is 11.7. The summed E-state index contributed by atoms with van der Waals surface area (Å²) in [5.74, 6) is -0.930. The van der Waals surface area contributed by atoms with E-state index in [9.17, 15) is 9.59 Å². The van der Waals surface area contributed by atoms with Gasteiger partial charge in [0, 0.05) is 25.5 Å². The van der Waals surface area contributed by atoms with Gasteiger partial charge in [0.1, 0.15) is 0 Å². The van der Waals surface area contributed by atoms with Crippen molar-refractivity contribution in [1.29, 1.82) is 0 Å². The molecule has 1 aromatic heterocycles. The molecule has 1 atom stereocenters. The predicted octanol–water partition coefficient (Wildman–Crippen LogP) is 0.509. The number of morpholine rings is 1. The highest BCUT2D eigenvalue weighted by molar-refractivity contribution is 5.76. The molecule has 7 heteroatoms. The van der Waals surface area contributed by atoms with Gasteiger partial charge in [0.15, 0.2) is 0 Å². The molecule has 7 nitrogen and oxygen atoms in total. The molecule has 0 aromatic carbocycles. The standard InChI is InChI=1S/C14H19N3O4/c18-13(19)9-12-10-21-8-7-17(12)14(20)16-6-3-11-1-4-15-5-2-11/h1-2,4-5,12H,3,6-10H2,(H,16,20)(H,18,19). The first kappa shape index (κ1) is 15.2. The van der Waals surface area contributed by atoms with Crippen LogP contribution < -0.4 is 5.32 Å². The summed E-state index contributed by atoms with van der Waals surface area (Å²) in [7, 11) is 0. The number of hydrogen-bond donors (Lipinski definition) is 2. The molecule has 0 radical (unpaired) electrons. The molecule has 1 saturated heterocycles. The topological polar surface area (TPSA) is 91.8 Å². The number of amides is 2. The Hall–Kier alpha value is -2.15. The lowest BCUT2D eigenvalue weighted by Gasteiger charge is -2.34. The summed E-state index contributed by atoms with van der Waals surface area (Å²) < 4.78 is 5.25. The van der Waals surface area contributed by atoms with Gasteiger partial charge in [-0.05, 0) is 24.1 Å². The van der Waals surface area contributed by atoms with Gasteiger partial charge in [-0.15, -0.1) is 0 Å². The smallest absolute Gasteiger partial charge is 0.317 e. The Morgan fingerprint density at radius 3 is 2.90 bits per heavy atom. The van der Waals surface area contributed by atoms with Crippen molar-refractivity contribution in [3.05, 3.63) is 30.1 Å². The van der Waals surface area contributed by atoms with Crippen molar-refractivity contribution in [2.24, 2.45) is 0 Å². The zero-order valence-electron chi connectivity index (χ0n) is 11.7. The predicted molar refractivity (Wildman–Crippen MR) is 74.9 cm³/mol. The highest BCUT2D eigenvalue weighted by Crippen LogP contribution is 2.11. The third kappa shape index (κ3) is 4.71. The molecule has 1 fully saturated rings. The van der Waals surface area contributed by atoms with Gasteiger partial charge in [-0.2, -0.15) is 0 Å². The number of nitrogens with one attached hydrogen (secondary N) is 1. The highest BCUT2D eigenvalue weighted by atomic mass is 16.5. The number of carboxylic acid groups (broad SMARTS) is 1. The molecule has 2 N–H and O–H groups in total. The zero-order chi connectivity index (χ0) is 15.1. The Morgan fingerprint density at radius 2 is 2.19 bits per heavy atom. The Kier molecular flexibility index (Phi) is 5.51. The molecule has 1 aliphatic rings. The Bertz CT molecular complexity index is 480. The first-order chi connectivity index (χ1) is 10.2. The number of hydrogen-bond acceptors (Lipinski definition) is 4. The van der Waals surface area contributed by atoms with Crippen LogP contribution in [0.4, 0.5) is 4.79 Å². The van der Waals surface area contributed by atoms with Crippen LogP contribution >= 0.6 is 0 Å². The highest BCUT2D eigenvalue weighted by Gasteiger charge is 2.28. The Morgan fingerprint density at radius 1 is 1.43 bits per heavy atom. The minimum absolute atomic E-state index is 0.0994. The van der Waals surface area contributed by atoms with Gasteiger partial charge >= 0.3 is 12.0 Å². The first-order valence-corrected chi connectivity index (χ1v) is 6.89. The summed E-state index contributed by atoms with van der Waals surface area (Å²) in [6, 6.07) is 3.15. The van der Waals surface area contributed by atoms with Gasteiger partial charge in [-0.1, -0.05) is 0 Å². The van der Waals surface area contributed by atoms with Gasteiger partial charge < -0.3 is 20.1 Å². The maximum absolute atomic E-state index is 12.1. The second kappa shape index (κ2) is 7.58. The Balaban J connectivity index is 1.81. The molecule has 2 amide bonds. The average molecular weight is 293 g/mol. The van der Waals surface area contributed by atoms with Crippen molar-refractivity contribution in [3.63, 3.8) is 0 Å². The number of nitrogens with zero attached hydrogens (tertiary/aromatic N) is 2. The van der Waals surface area contributed by atoms with E-state index in [1.54, 1.807) is 17.3 Å². The van der Waals surface area contributed by atoms with E-state index in [0.717, 1.165) is 5.56 Å². The minimum Gasteiger partial charge on any atom is -0.481 e. The lowest BCUT2D eigenvalue weighted by molar-refractivity contribution is -0.139. The van der Waals surface area contributed by atoms with Gasteiger partial charge in [-0.25, -0.2) is 4.79 Å². The number of pyridine rings is 1. The van der Waals surface area contributed by atoms with Crippen LogP contribution in [0.15, 0.2) is 24.5 Å². The van der Waals surface area contributed by atoms with Crippen molar-refractivity contribution in [2.75, 3.05) is 26.3 Å². The summed E-state index contributed by atoms with van der Waals surface area (Å²) in [6.45, 7) is 1.62. The van der Waals surface area contributed by atoms with E-state index in [1.807, 2.05) is 12.1 Å². The molecule has 2 heterocycles. The van der Waals surface area contributed by atoms with Crippen LogP contribution in [0.1, 0.15) is 12.0 Å². The number of carbonyl (C=O) groups is 2. The Labute approximate surface area is 122 Å². The van der Waals surface area contributed by atoms with Gasteiger partial charge in [-0.3, -0.25) is 9.78 Å². The van der Waals surface area contributed by atoms with E-state index in [2.05, 4.69) is 10.3 Å². The summed E-state index contributed by atoms with van der Waals surface area (Å²) in [5, 5.41) is 11.7. The summed E-state index contributed by atoms with van der Waals surface area (Å²) in [5.41, 5.74) is 1.09. The maximum Gasteiger partial charge on any atom is 0.317 e. The minimum atomic E-state index is -0.930. The summed E-state index contributed by atoms with van der Waals surface area (Å²) in [4.78, 5) is 28.4. The fraction of sp³-hybridized carbons (Fsp3) is 0.500. The molecule has 0 bridgehead atoms. The molecule has 2 rings (SSSR count). The lowest BCUT2D eigenvalue weighted by Crippen LogP contribution is -2.53. The quantitative estimate of drug-likeness (QED) is 0.825. The van der Waals surface area contributed by atoms with Crippen LogP contribution in [0.25, 0.3) is 0 Å². The van der Waals surface area contributed by atoms with E-state index in [-0.39, 0.29) is 19.1 Å². The van der Waals surface area contributed by atoms with E-state index in [4.69, 9.17) is 9.84 Å². The summed E-state index contributed by atoms with van der Waals surface area (Å²) in [6.07, 6.45) is 4.03. The monoisotopic (exact) mass is 293 g/mol. The van der Waals surface area contributed by atoms with E-state index < -0.39 is 12.0 Å². The van der Waals surface area contributed by atoms with Gasteiger partial charge in [0.2, 0.25) is 0 Å². The van der Waals surface area contributed by atoms with Crippen LogP contribution in [-0.4, -0.2) is 59.3 Å². The number of rotatable bonds is 5.